The zero-order valence-electron chi connectivity index (χ0n) is 13.5. The van der Waals surface area contributed by atoms with E-state index in [9.17, 15) is 4.79 Å². The van der Waals surface area contributed by atoms with Gasteiger partial charge >= 0.3 is 5.97 Å². The number of esters is 1. The second kappa shape index (κ2) is 7.45. The highest BCUT2D eigenvalue weighted by atomic mass is 35.5. The first-order chi connectivity index (χ1) is 11.7. The van der Waals surface area contributed by atoms with Crippen molar-refractivity contribution in [1.29, 1.82) is 0 Å². The minimum Gasteiger partial charge on any atom is -0.402 e. The van der Waals surface area contributed by atoms with E-state index < -0.39 is 5.97 Å². The molecule has 122 valence electrons. The van der Waals surface area contributed by atoms with E-state index in [0.29, 0.717) is 10.9 Å². The van der Waals surface area contributed by atoms with Crippen LogP contribution in [0.1, 0.15) is 36.5 Å². The maximum Gasteiger partial charge on any atom is 0.363 e. The molecule has 4 heteroatoms. The molecule has 0 spiro atoms. The lowest BCUT2D eigenvalue weighted by molar-refractivity contribution is -0.129. The third-order valence-corrected chi connectivity index (χ3v) is 4.18. The number of carbonyl (C=O) groups excluding carboxylic acids is 1. The van der Waals surface area contributed by atoms with Crippen LogP contribution in [0.3, 0.4) is 0 Å². The molecule has 0 bridgehead atoms. The molecule has 2 aromatic rings. The summed E-state index contributed by atoms with van der Waals surface area (Å²) in [5, 5.41) is 0.571. The van der Waals surface area contributed by atoms with E-state index in [1.54, 1.807) is 12.1 Å². The summed E-state index contributed by atoms with van der Waals surface area (Å²) in [6.45, 7) is 2.17. The fraction of sp³-hybridized carbons (Fsp3) is 0.200. The van der Waals surface area contributed by atoms with Crippen LogP contribution < -0.4 is 0 Å². The Morgan fingerprint density at radius 2 is 1.88 bits per heavy atom. The lowest BCUT2D eigenvalue weighted by Gasteiger charge is -2.02. The van der Waals surface area contributed by atoms with E-state index in [4.69, 9.17) is 16.3 Å². The van der Waals surface area contributed by atoms with E-state index >= 15 is 0 Å². The highest BCUT2D eigenvalue weighted by molar-refractivity contribution is 6.32. The van der Waals surface area contributed by atoms with Crippen molar-refractivity contribution >= 4 is 29.5 Å². The number of aryl methyl sites for hydroxylation is 1. The van der Waals surface area contributed by atoms with Gasteiger partial charge in [-0.25, -0.2) is 9.79 Å². The molecule has 0 amide bonds. The van der Waals surface area contributed by atoms with Crippen LogP contribution in [-0.4, -0.2) is 11.9 Å². The maximum atomic E-state index is 12.0. The number of carbonyl (C=O) groups is 1. The largest absolute Gasteiger partial charge is 0.402 e. The SMILES string of the molecule is CCCCc1ccc(C2=N/C(=C\c3ccccc3Cl)C(=O)O2)cc1. The molecular weight excluding hydrogens is 322 g/mol. The lowest BCUT2D eigenvalue weighted by Crippen LogP contribution is -2.05. The fourth-order valence-corrected chi connectivity index (χ4v) is 2.66. The number of ether oxygens (including phenoxy) is 1. The zero-order valence-corrected chi connectivity index (χ0v) is 14.2. The van der Waals surface area contributed by atoms with Crippen molar-refractivity contribution in [3.63, 3.8) is 0 Å². The van der Waals surface area contributed by atoms with Gasteiger partial charge in [-0.1, -0.05) is 55.3 Å². The molecule has 0 aromatic heterocycles. The number of halogens is 1. The number of aliphatic imine (C=N–C) groups is 1. The minimum absolute atomic E-state index is 0.258. The van der Waals surface area contributed by atoms with Crippen LogP contribution in [0.15, 0.2) is 59.2 Å². The predicted octanol–water partition coefficient (Wildman–Crippen LogP) is 5.03. The van der Waals surface area contributed by atoms with Crippen molar-refractivity contribution in [2.75, 3.05) is 0 Å². The van der Waals surface area contributed by atoms with Crippen LogP contribution in [0.4, 0.5) is 0 Å². The quantitative estimate of drug-likeness (QED) is 0.566. The van der Waals surface area contributed by atoms with E-state index in [2.05, 4.69) is 24.0 Å². The van der Waals surface area contributed by atoms with Gasteiger partial charge in [0.2, 0.25) is 5.90 Å². The Hall–Kier alpha value is -2.39. The number of hydrogen-bond acceptors (Lipinski definition) is 3. The molecule has 1 aliphatic heterocycles. The molecule has 0 atom stereocenters. The molecule has 0 N–H and O–H groups in total. The summed E-state index contributed by atoms with van der Waals surface area (Å²) in [6, 6.07) is 15.3. The summed E-state index contributed by atoms with van der Waals surface area (Å²) < 4.78 is 5.29. The second-order valence-corrected chi connectivity index (χ2v) is 6.07. The molecule has 1 aliphatic rings. The average molecular weight is 340 g/mol. The average Bonchev–Trinajstić information content (AvgIpc) is 2.96. The molecule has 24 heavy (non-hydrogen) atoms. The van der Waals surface area contributed by atoms with Gasteiger partial charge in [0, 0.05) is 10.6 Å². The summed E-state index contributed by atoms with van der Waals surface area (Å²) >= 11 is 6.12. The molecule has 0 unspecified atom stereocenters. The summed E-state index contributed by atoms with van der Waals surface area (Å²) in [7, 11) is 0. The van der Waals surface area contributed by atoms with Crippen LogP contribution in [0.2, 0.25) is 5.02 Å². The number of benzene rings is 2. The Morgan fingerprint density at radius 1 is 1.12 bits per heavy atom. The Balaban J connectivity index is 1.83. The minimum atomic E-state index is -0.458. The van der Waals surface area contributed by atoms with Gasteiger partial charge in [-0.05, 0) is 48.2 Å². The first-order valence-corrected chi connectivity index (χ1v) is 8.41. The highest BCUT2D eigenvalue weighted by Gasteiger charge is 2.24. The van der Waals surface area contributed by atoms with Gasteiger partial charge in [-0.2, -0.15) is 0 Å². The molecule has 2 aromatic carbocycles. The number of cyclic esters (lactones) is 1. The molecular formula is C20H18ClNO2. The third kappa shape index (κ3) is 3.74. The van der Waals surface area contributed by atoms with Gasteiger partial charge in [0.1, 0.15) is 0 Å². The number of hydrogen-bond donors (Lipinski definition) is 0. The smallest absolute Gasteiger partial charge is 0.363 e. The fourth-order valence-electron chi connectivity index (χ4n) is 2.47. The van der Waals surface area contributed by atoms with Crippen molar-refractivity contribution in [2.45, 2.75) is 26.2 Å². The maximum absolute atomic E-state index is 12.0. The van der Waals surface area contributed by atoms with Crippen molar-refractivity contribution in [3.05, 3.63) is 75.9 Å². The summed E-state index contributed by atoms with van der Waals surface area (Å²) in [5.74, 6) is -0.125. The molecule has 0 radical (unpaired) electrons. The Morgan fingerprint density at radius 3 is 2.58 bits per heavy atom. The normalized spacial score (nSPS) is 15.5. The van der Waals surface area contributed by atoms with E-state index in [-0.39, 0.29) is 5.70 Å². The summed E-state index contributed by atoms with van der Waals surface area (Å²) in [5.41, 5.74) is 3.07. The summed E-state index contributed by atoms with van der Waals surface area (Å²) in [6.07, 6.45) is 5.04. The Labute approximate surface area is 146 Å². The van der Waals surface area contributed by atoms with Crippen molar-refractivity contribution in [3.8, 4) is 0 Å². The Kier molecular flexibility index (Phi) is 5.11. The first kappa shape index (κ1) is 16.5. The van der Waals surface area contributed by atoms with Gasteiger partial charge in [-0.15, -0.1) is 0 Å². The van der Waals surface area contributed by atoms with Crippen molar-refractivity contribution in [2.24, 2.45) is 4.99 Å². The number of nitrogens with zero attached hydrogens (tertiary/aromatic N) is 1. The van der Waals surface area contributed by atoms with Gasteiger partial charge in [0.15, 0.2) is 5.70 Å². The monoisotopic (exact) mass is 339 g/mol. The standard InChI is InChI=1S/C20H18ClNO2/c1-2-3-6-14-9-11-15(12-10-14)19-22-18(20(23)24-19)13-16-7-4-5-8-17(16)21/h4-5,7-13H,2-3,6H2,1H3/b18-13-. The topological polar surface area (TPSA) is 38.7 Å². The lowest BCUT2D eigenvalue weighted by atomic mass is 10.1. The van der Waals surface area contributed by atoms with Gasteiger partial charge in [0.05, 0.1) is 0 Å². The van der Waals surface area contributed by atoms with Gasteiger partial charge in [-0.3, -0.25) is 0 Å². The summed E-state index contributed by atoms with van der Waals surface area (Å²) in [4.78, 5) is 16.3. The van der Waals surface area contributed by atoms with Gasteiger partial charge in [0.25, 0.3) is 0 Å². The van der Waals surface area contributed by atoms with Crippen molar-refractivity contribution in [1.82, 2.24) is 0 Å². The number of unbranched alkanes of at least 4 members (excludes halogenated alkanes) is 1. The van der Waals surface area contributed by atoms with Crippen molar-refractivity contribution < 1.29 is 9.53 Å². The second-order valence-electron chi connectivity index (χ2n) is 5.66. The van der Waals surface area contributed by atoms with Crippen LogP contribution >= 0.6 is 11.6 Å². The van der Waals surface area contributed by atoms with Crippen LogP contribution in [0, 0.1) is 0 Å². The van der Waals surface area contributed by atoms with E-state index in [1.165, 1.54) is 18.4 Å². The number of rotatable bonds is 5. The predicted molar refractivity (Wildman–Crippen MR) is 97.1 cm³/mol. The molecule has 1 heterocycles. The van der Waals surface area contributed by atoms with E-state index in [0.717, 1.165) is 17.5 Å². The zero-order chi connectivity index (χ0) is 16.9. The Bertz CT molecular complexity index is 807. The highest BCUT2D eigenvalue weighted by Crippen LogP contribution is 2.23. The van der Waals surface area contributed by atoms with Crippen LogP contribution in [0.25, 0.3) is 6.08 Å². The molecule has 3 nitrogen and oxygen atoms in total. The molecule has 3 rings (SSSR count). The molecule has 0 fully saturated rings. The van der Waals surface area contributed by atoms with Gasteiger partial charge < -0.3 is 4.74 Å². The first-order valence-electron chi connectivity index (χ1n) is 8.04. The molecule has 0 saturated heterocycles. The third-order valence-electron chi connectivity index (χ3n) is 3.84. The molecule has 0 aliphatic carbocycles. The van der Waals surface area contributed by atoms with Crippen LogP contribution in [-0.2, 0) is 16.0 Å². The van der Waals surface area contributed by atoms with E-state index in [1.807, 2.05) is 30.3 Å². The molecule has 0 saturated carbocycles. The van der Waals surface area contributed by atoms with Crippen LogP contribution in [0.5, 0.6) is 0 Å².